The lowest BCUT2D eigenvalue weighted by Gasteiger charge is -2.08. The fourth-order valence-electron chi connectivity index (χ4n) is 1.40. The van der Waals surface area contributed by atoms with Gasteiger partial charge in [-0.2, -0.15) is 0 Å². The minimum atomic E-state index is -1.92. The average molecular weight is 254 g/mol. The molecule has 0 fully saturated rings. The fourth-order valence-corrected chi connectivity index (χ4v) is 1.77. The molecule has 0 aliphatic heterocycles. The zero-order valence-electron chi connectivity index (χ0n) is 10.3. The standard InChI is InChI=1S/C13H18O3S/c1-10(2)4-9-13(16-3)11-5-7-12(8-6-11)17(14)15/h5-10H,4H2,1-3H3,(H,14,15)/b13-9-. The molecule has 0 saturated heterocycles. The van der Waals surface area contributed by atoms with Crippen molar-refractivity contribution in [1.82, 2.24) is 0 Å². The van der Waals surface area contributed by atoms with E-state index in [0.29, 0.717) is 10.8 Å². The van der Waals surface area contributed by atoms with Crippen molar-refractivity contribution >= 4 is 16.8 Å². The predicted molar refractivity (Wildman–Crippen MR) is 69.9 cm³/mol. The molecule has 1 aromatic carbocycles. The second-order valence-electron chi connectivity index (χ2n) is 4.18. The molecule has 0 saturated carbocycles. The Morgan fingerprint density at radius 1 is 1.41 bits per heavy atom. The van der Waals surface area contributed by atoms with Crippen LogP contribution in [0.2, 0.25) is 0 Å². The molecule has 0 radical (unpaired) electrons. The van der Waals surface area contributed by atoms with Crippen LogP contribution in [0.3, 0.4) is 0 Å². The Hall–Kier alpha value is -1.13. The molecule has 17 heavy (non-hydrogen) atoms. The first-order chi connectivity index (χ1) is 8.04. The van der Waals surface area contributed by atoms with E-state index >= 15 is 0 Å². The molecular formula is C13H18O3S. The third kappa shape index (κ3) is 4.32. The number of benzene rings is 1. The molecule has 1 atom stereocenters. The van der Waals surface area contributed by atoms with Crippen molar-refractivity contribution in [2.75, 3.05) is 7.11 Å². The second-order valence-corrected chi connectivity index (χ2v) is 5.15. The van der Waals surface area contributed by atoms with E-state index in [2.05, 4.69) is 13.8 Å². The number of ether oxygens (including phenoxy) is 1. The van der Waals surface area contributed by atoms with Crippen LogP contribution >= 0.6 is 0 Å². The summed E-state index contributed by atoms with van der Waals surface area (Å²) in [4.78, 5) is 0.396. The monoisotopic (exact) mass is 254 g/mol. The topological polar surface area (TPSA) is 46.5 Å². The molecule has 0 aromatic heterocycles. The van der Waals surface area contributed by atoms with E-state index in [4.69, 9.17) is 9.29 Å². The first-order valence-corrected chi connectivity index (χ1v) is 6.60. The molecule has 0 heterocycles. The summed E-state index contributed by atoms with van der Waals surface area (Å²) in [6, 6.07) is 6.85. The summed E-state index contributed by atoms with van der Waals surface area (Å²) in [6.07, 6.45) is 2.98. The molecule has 3 nitrogen and oxygen atoms in total. The van der Waals surface area contributed by atoms with Gasteiger partial charge in [-0.05, 0) is 42.7 Å². The Labute approximate surface area is 105 Å². The number of hydrogen-bond donors (Lipinski definition) is 1. The molecular weight excluding hydrogens is 236 g/mol. The zero-order chi connectivity index (χ0) is 12.8. The number of hydrogen-bond acceptors (Lipinski definition) is 2. The van der Waals surface area contributed by atoms with Gasteiger partial charge in [0.25, 0.3) is 0 Å². The molecule has 0 aliphatic rings. The third-order valence-electron chi connectivity index (χ3n) is 2.34. The zero-order valence-corrected chi connectivity index (χ0v) is 11.2. The molecule has 94 valence electrons. The summed E-state index contributed by atoms with van der Waals surface area (Å²) < 4.78 is 25.1. The molecule has 0 aliphatic carbocycles. The van der Waals surface area contributed by atoms with Gasteiger partial charge in [0.1, 0.15) is 5.76 Å². The van der Waals surface area contributed by atoms with Gasteiger partial charge in [-0.15, -0.1) is 0 Å². The van der Waals surface area contributed by atoms with E-state index in [-0.39, 0.29) is 0 Å². The number of allylic oxidation sites excluding steroid dienone is 1. The van der Waals surface area contributed by atoms with Crippen molar-refractivity contribution in [3.05, 3.63) is 35.9 Å². The number of methoxy groups -OCH3 is 1. The van der Waals surface area contributed by atoms with Gasteiger partial charge in [0, 0.05) is 5.56 Å². The van der Waals surface area contributed by atoms with Gasteiger partial charge >= 0.3 is 0 Å². The van der Waals surface area contributed by atoms with Crippen LogP contribution in [-0.2, 0) is 15.8 Å². The lowest BCUT2D eigenvalue weighted by molar-refractivity contribution is 0.367. The van der Waals surface area contributed by atoms with E-state index in [1.165, 1.54) is 0 Å². The Morgan fingerprint density at radius 2 is 2.00 bits per heavy atom. The van der Waals surface area contributed by atoms with Crippen molar-refractivity contribution in [3.8, 4) is 0 Å². The quantitative estimate of drug-likeness (QED) is 0.648. The fraction of sp³-hybridized carbons (Fsp3) is 0.385. The van der Waals surface area contributed by atoms with Crippen molar-refractivity contribution in [2.45, 2.75) is 25.2 Å². The summed E-state index contributed by atoms with van der Waals surface area (Å²) in [6.45, 7) is 4.28. The third-order valence-corrected chi connectivity index (χ3v) is 3.01. The highest BCUT2D eigenvalue weighted by Gasteiger charge is 2.04. The van der Waals surface area contributed by atoms with E-state index in [9.17, 15) is 4.21 Å². The smallest absolute Gasteiger partial charge is 0.186 e. The Morgan fingerprint density at radius 3 is 2.41 bits per heavy atom. The molecule has 1 aromatic rings. The minimum absolute atomic E-state index is 0.396. The molecule has 0 bridgehead atoms. The Bertz CT molecular complexity index is 407. The average Bonchev–Trinajstić information content (AvgIpc) is 2.30. The van der Waals surface area contributed by atoms with Crippen LogP contribution in [0.25, 0.3) is 5.76 Å². The summed E-state index contributed by atoms with van der Waals surface area (Å²) in [7, 11) is 1.63. The largest absolute Gasteiger partial charge is 0.496 e. The van der Waals surface area contributed by atoms with Gasteiger partial charge in [0.15, 0.2) is 11.1 Å². The maximum Gasteiger partial charge on any atom is 0.186 e. The summed E-state index contributed by atoms with van der Waals surface area (Å²) in [5.41, 5.74) is 0.919. The van der Waals surface area contributed by atoms with Crippen molar-refractivity contribution in [3.63, 3.8) is 0 Å². The number of rotatable bonds is 5. The lowest BCUT2D eigenvalue weighted by Crippen LogP contribution is -1.92. The maximum absolute atomic E-state index is 10.8. The van der Waals surface area contributed by atoms with Gasteiger partial charge in [0.05, 0.1) is 12.0 Å². The van der Waals surface area contributed by atoms with Gasteiger partial charge < -0.3 is 9.29 Å². The van der Waals surface area contributed by atoms with Crippen LogP contribution in [0, 0.1) is 5.92 Å². The summed E-state index contributed by atoms with van der Waals surface area (Å²) in [5.74, 6) is 1.37. The molecule has 1 unspecified atom stereocenters. The molecule has 0 spiro atoms. The predicted octanol–water partition coefficient (Wildman–Crippen LogP) is 3.30. The van der Waals surface area contributed by atoms with Crippen LogP contribution in [0.5, 0.6) is 0 Å². The molecule has 1 rings (SSSR count). The van der Waals surface area contributed by atoms with E-state index in [1.54, 1.807) is 31.4 Å². The second kappa shape index (κ2) is 6.57. The highest BCUT2D eigenvalue weighted by molar-refractivity contribution is 7.79. The van der Waals surface area contributed by atoms with Crippen molar-refractivity contribution < 1.29 is 13.5 Å². The highest BCUT2D eigenvalue weighted by Crippen LogP contribution is 2.19. The first kappa shape index (κ1) is 13.9. The molecule has 4 heteroatoms. The minimum Gasteiger partial charge on any atom is -0.496 e. The lowest BCUT2D eigenvalue weighted by atomic mass is 10.1. The van der Waals surface area contributed by atoms with Crippen molar-refractivity contribution in [1.29, 1.82) is 0 Å². The van der Waals surface area contributed by atoms with Gasteiger partial charge in [0.2, 0.25) is 0 Å². The Balaban J connectivity index is 2.89. The van der Waals surface area contributed by atoms with E-state index in [0.717, 1.165) is 17.7 Å². The van der Waals surface area contributed by atoms with Crippen LogP contribution < -0.4 is 0 Å². The van der Waals surface area contributed by atoms with Crippen molar-refractivity contribution in [2.24, 2.45) is 5.92 Å². The first-order valence-electron chi connectivity index (χ1n) is 5.50. The summed E-state index contributed by atoms with van der Waals surface area (Å²) in [5, 5.41) is 0. The van der Waals surface area contributed by atoms with Crippen LogP contribution in [0.1, 0.15) is 25.8 Å². The maximum atomic E-state index is 10.8. The van der Waals surface area contributed by atoms with Gasteiger partial charge in [-0.3, -0.25) is 0 Å². The normalized spacial score (nSPS) is 13.8. The van der Waals surface area contributed by atoms with Crippen LogP contribution in [0.15, 0.2) is 35.2 Å². The SMILES string of the molecule is CO/C(=C\CC(C)C)c1ccc(S(=O)O)cc1. The van der Waals surface area contributed by atoms with E-state index in [1.807, 2.05) is 6.08 Å². The van der Waals surface area contributed by atoms with Gasteiger partial charge in [-0.1, -0.05) is 13.8 Å². The summed E-state index contributed by atoms with van der Waals surface area (Å²) >= 11 is -1.92. The Kier molecular flexibility index (Phi) is 5.38. The van der Waals surface area contributed by atoms with Gasteiger partial charge in [-0.25, -0.2) is 4.21 Å². The molecule has 0 amide bonds. The molecule has 1 N–H and O–H groups in total. The van der Waals surface area contributed by atoms with Crippen LogP contribution in [-0.4, -0.2) is 15.9 Å². The van der Waals surface area contributed by atoms with Crippen LogP contribution in [0.4, 0.5) is 0 Å². The van der Waals surface area contributed by atoms with E-state index < -0.39 is 11.1 Å². The highest BCUT2D eigenvalue weighted by atomic mass is 32.2.